The van der Waals surface area contributed by atoms with E-state index in [1.165, 1.54) is 17.0 Å². The molecule has 8 heteroatoms. The Morgan fingerprint density at radius 3 is 2.38 bits per heavy atom. The molecule has 3 amide bonds. The summed E-state index contributed by atoms with van der Waals surface area (Å²) in [5.41, 5.74) is 3.36. The second-order valence-electron chi connectivity index (χ2n) is 8.63. The zero-order valence-electron chi connectivity index (χ0n) is 18.6. The van der Waals surface area contributed by atoms with Crippen molar-refractivity contribution in [1.82, 2.24) is 15.0 Å². The molecular weight excluding hydrogens is 437 g/mol. The highest BCUT2D eigenvalue weighted by Gasteiger charge is 2.34. The van der Waals surface area contributed by atoms with E-state index >= 15 is 0 Å². The molecule has 0 spiro atoms. The number of nitrogens with zero attached hydrogens (tertiary/aromatic N) is 3. The number of hydrogen-bond donors (Lipinski definition) is 0. The van der Waals surface area contributed by atoms with Crippen molar-refractivity contribution in [3.8, 4) is 11.3 Å². The van der Waals surface area contributed by atoms with Crippen molar-refractivity contribution in [2.75, 3.05) is 13.1 Å². The van der Waals surface area contributed by atoms with E-state index in [9.17, 15) is 18.8 Å². The van der Waals surface area contributed by atoms with Crippen LogP contribution in [0.1, 0.15) is 57.7 Å². The Hall–Kier alpha value is -3.81. The number of unbranched alkanes of at least 4 members (excludes halogenated alkanes) is 2. The van der Waals surface area contributed by atoms with E-state index in [2.05, 4.69) is 5.16 Å². The third-order valence-corrected chi connectivity index (χ3v) is 6.45. The molecule has 2 aromatic carbocycles. The zero-order chi connectivity index (χ0) is 23.7. The first kappa shape index (κ1) is 22.0. The molecule has 0 fully saturated rings. The Morgan fingerprint density at radius 2 is 1.68 bits per heavy atom. The Bertz CT molecular complexity index is 1220. The van der Waals surface area contributed by atoms with Gasteiger partial charge in [0.05, 0.1) is 23.4 Å². The van der Waals surface area contributed by atoms with Crippen molar-refractivity contribution >= 4 is 17.7 Å². The van der Waals surface area contributed by atoms with Crippen LogP contribution in [0.5, 0.6) is 0 Å². The lowest BCUT2D eigenvalue weighted by atomic mass is 10.0. The van der Waals surface area contributed by atoms with Gasteiger partial charge in [0.1, 0.15) is 5.82 Å². The molecule has 34 heavy (non-hydrogen) atoms. The summed E-state index contributed by atoms with van der Waals surface area (Å²) in [4.78, 5) is 40.7. The second kappa shape index (κ2) is 9.21. The number of amides is 3. The van der Waals surface area contributed by atoms with Gasteiger partial charge in [-0.2, -0.15) is 0 Å². The number of halogens is 1. The van der Waals surface area contributed by atoms with E-state index < -0.39 is 0 Å². The molecule has 0 N–H and O–H groups in total. The van der Waals surface area contributed by atoms with Crippen molar-refractivity contribution in [3.63, 3.8) is 0 Å². The van der Waals surface area contributed by atoms with Crippen LogP contribution in [0, 0.1) is 5.82 Å². The van der Waals surface area contributed by atoms with Gasteiger partial charge in [-0.3, -0.25) is 19.3 Å². The fraction of sp³-hybridized carbons (Fsp3) is 0.308. The Balaban J connectivity index is 1.11. The second-order valence-corrected chi connectivity index (χ2v) is 8.63. The maximum absolute atomic E-state index is 13.3. The van der Waals surface area contributed by atoms with Crippen molar-refractivity contribution < 1.29 is 23.3 Å². The highest BCUT2D eigenvalue weighted by molar-refractivity contribution is 6.21. The number of rotatable bonds is 7. The van der Waals surface area contributed by atoms with Crippen LogP contribution in [-0.4, -0.2) is 45.8 Å². The van der Waals surface area contributed by atoms with Gasteiger partial charge in [0.15, 0.2) is 5.76 Å². The standard InChI is InChI=1S/C26H24FN3O4/c27-18-11-9-17(10-12-18)24-21-16-29(15-13-22(21)28-34-24)23(31)8-2-1-5-14-30-25(32)19-6-3-4-7-20(19)26(30)33/h3-4,6-7,9-12H,1-2,5,8,13-16H2. The van der Waals surface area contributed by atoms with Crippen molar-refractivity contribution in [2.24, 2.45) is 0 Å². The van der Waals surface area contributed by atoms with Gasteiger partial charge in [0, 0.05) is 37.1 Å². The molecule has 0 aliphatic carbocycles. The van der Waals surface area contributed by atoms with Crippen LogP contribution >= 0.6 is 0 Å². The smallest absolute Gasteiger partial charge is 0.261 e. The fourth-order valence-corrected chi connectivity index (χ4v) is 4.58. The topological polar surface area (TPSA) is 83.7 Å². The van der Waals surface area contributed by atoms with E-state index in [-0.39, 0.29) is 23.5 Å². The SMILES string of the molecule is O=C(CCCCCN1C(=O)c2ccccc2C1=O)N1CCc2noc(-c3ccc(F)cc3)c2C1. The Labute approximate surface area is 196 Å². The fourth-order valence-electron chi connectivity index (χ4n) is 4.58. The highest BCUT2D eigenvalue weighted by Crippen LogP contribution is 2.31. The predicted molar refractivity (Wildman–Crippen MR) is 121 cm³/mol. The van der Waals surface area contributed by atoms with Gasteiger partial charge >= 0.3 is 0 Å². The van der Waals surface area contributed by atoms with Gasteiger partial charge < -0.3 is 9.42 Å². The lowest BCUT2D eigenvalue weighted by Gasteiger charge is -2.26. The van der Waals surface area contributed by atoms with Crippen molar-refractivity contribution in [3.05, 3.63) is 76.7 Å². The molecule has 0 unspecified atom stereocenters. The van der Waals surface area contributed by atoms with Gasteiger partial charge in [-0.1, -0.05) is 23.7 Å². The van der Waals surface area contributed by atoms with E-state index in [0.29, 0.717) is 62.2 Å². The lowest BCUT2D eigenvalue weighted by molar-refractivity contribution is -0.132. The Morgan fingerprint density at radius 1 is 0.971 bits per heavy atom. The maximum Gasteiger partial charge on any atom is 0.261 e. The van der Waals surface area contributed by atoms with Gasteiger partial charge in [-0.05, 0) is 49.2 Å². The molecule has 3 aromatic rings. The molecule has 0 bridgehead atoms. The number of hydrogen-bond acceptors (Lipinski definition) is 5. The number of imide groups is 1. The average molecular weight is 461 g/mol. The predicted octanol–water partition coefficient (Wildman–Crippen LogP) is 4.22. The number of carbonyl (C=O) groups excluding carboxylic acids is 3. The number of carbonyl (C=O) groups is 3. The number of aromatic nitrogens is 1. The first-order valence-corrected chi connectivity index (χ1v) is 11.5. The largest absolute Gasteiger partial charge is 0.356 e. The molecular formula is C26H24FN3O4. The number of fused-ring (bicyclic) bond motifs is 2. The zero-order valence-corrected chi connectivity index (χ0v) is 18.6. The summed E-state index contributed by atoms with van der Waals surface area (Å²) in [6.45, 7) is 1.35. The molecule has 3 heterocycles. The molecule has 7 nitrogen and oxygen atoms in total. The minimum absolute atomic E-state index is 0.0534. The highest BCUT2D eigenvalue weighted by atomic mass is 19.1. The monoisotopic (exact) mass is 461 g/mol. The molecule has 0 atom stereocenters. The summed E-state index contributed by atoms with van der Waals surface area (Å²) >= 11 is 0. The Kier molecular flexibility index (Phi) is 5.96. The summed E-state index contributed by atoms with van der Waals surface area (Å²) in [5, 5.41) is 4.13. The summed E-state index contributed by atoms with van der Waals surface area (Å²) in [6.07, 6.45) is 3.09. The lowest BCUT2D eigenvalue weighted by Crippen LogP contribution is -2.35. The molecule has 174 valence electrons. The van der Waals surface area contributed by atoms with E-state index in [4.69, 9.17) is 4.52 Å². The van der Waals surface area contributed by atoms with Crippen LogP contribution in [0.15, 0.2) is 53.1 Å². The average Bonchev–Trinajstić information content (AvgIpc) is 3.38. The minimum atomic E-state index is -0.322. The first-order chi connectivity index (χ1) is 16.5. The summed E-state index contributed by atoms with van der Waals surface area (Å²) < 4.78 is 18.8. The molecule has 0 saturated carbocycles. The van der Waals surface area contributed by atoms with Crippen LogP contribution in [0.2, 0.25) is 0 Å². The quantitative estimate of drug-likeness (QED) is 0.389. The molecule has 0 saturated heterocycles. The van der Waals surface area contributed by atoms with Crippen LogP contribution in [0.3, 0.4) is 0 Å². The van der Waals surface area contributed by atoms with Crippen LogP contribution in [-0.2, 0) is 17.8 Å². The molecule has 5 rings (SSSR count). The van der Waals surface area contributed by atoms with E-state index in [1.54, 1.807) is 41.3 Å². The maximum atomic E-state index is 13.3. The molecule has 1 aromatic heterocycles. The summed E-state index contributed by atoms with van der Waals surface area (Å²) in [6, 6.07) is 12.9. The van der Waals surface area contributed by atoms with Gasteiger partial charge in [0.2, 0.25) is 5.91 Å². The minimum Gasteiger partial charge on any atom is -0.356 e. The third-order valence-electron chi connectivity index (χ3n) is 6.45. The third kappa shape index (κ3) is 4.11. The van der Waals surface area contributed by atoms with Crippen molar-refractivity contribution in [2.45, 2.75) is 38.6 Å². The summed E-state index contributed by atoms with van der Waals surface area (Å²) in [7, 11) is 0. The van der Waals surface area contributed by atoms with Crippen molar-refractivity contribution in [1.29, 1.82) is 0 Å². The van der Waals surface area contributed by atoms with E-state index in [0.717, 1.165) is 23.2 Å². The van der Waals surface area contributed by atoms with Gasteiger partial charge in [-0.15, -0.1) is 0 Å². The van der Waals surface area contributed by atoms with Crippen LogP contribution < -0.4 is 0 Å². The molecule has 2 aliphatic rings. The van der Waals surface area contributed by atoms with E-state index in [1.807, 2.05) is 0 Å². The molecule has 0 radical (unpaired) electrons. The first-order valence-electron chi connectivity index (χ1n) is 11.5. The molecule has 2 aliphatic heterocycles. The normalized spacial score (nSPS) is 15.0. The van der Waals surface area contributed by atoms with Gasteiger partial charge in [0.25, 0.3) is 11.8 Å². The number of benzene rings is 2. The van der Waals surface area contributed by atoms with Crippen LogP contribution in [0.4, 0.5) is 4.39 Å². The van der Waals surface area contributed by atoms with Crippen LogP contribution in [0.25, 0.3) is 11.3 Å². The summed E-state index contributed by atoms with van der Waals surface area (Å²) in [5.74, 6) is -0.180. The van der Waals surface area contributed by atoms with Gasteiger partial charge in [-0.25, -0.2) is 4.39 Å².